The molecule has 1 fully saturated rings. The second-order valence-electron chi connectivity index (χ2n) is 5.75. The van der Waals surface area contributed by atoms with E-state index < -0.39 is 0 Å². The number of nitrogens with zero attached hydrogens (tertiary/aromatic N) is 1. The third kappa shape index (κ3) is 4.57. The molecular weight excluding hydrogens is 312 g/mol. The van der Waals surface area contributed by atoms with Gasteiger partial charge in [0.1, 0.15) is 0 Å². The van der Waals surface area contributed by atoms with Crippen molar-refractivity contribution >= 4 is 15.9 Å². The fraction of sp³-hybridized carbons (Fsp3) is 0.647. The summed E-state index contributed by atoms with van der Waals surface area (Å²) in [6.45, 7) is 9.21. The van der Waals surface area contributed by atoms with Crippen molar-refractivity contribution in [1.82, 2.24) is 10.2 Å². The molecule has 0 amide bonds. The number of nitrogens with one attached hydrogen (secondary N) is 1. The van der Waals surface area contributed by atoms with Gasteiger partial charge in [-0.1, -0.05) is 41.9 Å². The molecule has 0 saturated heterocycles. The molecule has 0 spiro atoms. The predicted molar refractivity (Wildman–Crippen MR) is 90.3 cm³/mol. The van der Waals surface area contributed by atoms with E-state index in [1.54, 1.807) is 0 Å². The average molecular weight is 339 g/mol. The lowest BCUT2D eigenvalue weighted by atomic mass is 9.76. The first-order valence-corrected chi connectivity index (χ1v) is 8.73. The molecule has 1 aromatic rings. The van der Waals surface area contributed by atoms with Gasteiger partial charge in [-0.3, -0.25) is 0 Å². The van der Waals surface area contributed by atoms with Crippen LogP contribution in [0.3, 0.4) is 0 Å². The Hall–Kier alpha value is -0.380. The van der Waals surface area contributed by atoms with Crippen LogP contribution in [-0.4, -0.2) is 37.1 Å². The summed E-state index contributed by atoms with van der Waals surface area (Å²) in [4.78, 5) is 2.49. The van der Waals surface area contributed by atoms with Gasteiger partial charge < -0.3 is 10.2 Å². The number of hydrogen-bond donors (Lipinski definition) is 1. The summed E-state index contributed by atoms with van der Waals surface area (Å²) < 4.78 is 1.17. The minimum atomic E-state index is 0.736. The van der Waals surface area contributed by atoms with Crippen LogP contribution in [-0.2, 0) is 0 Å². The Labute approximate surface area is 132 Å². The van der Waals surface area contributed by atoms with E-state index in [0.717, 1.165) is 18.5 Å². The van der Waals surface area contributed by atoms with Crippen LogP contribution in [0.1, 0.15) is 44.6 Å². The largest absolute Gasteiger partial charge is 0.314 e. The summed E-state index contributed by atoms with van der Waals surface area (Å²) in [6.07, 6.45) is 3.86. The maximum atomic E-state index is 3.70. The van der Waals surface area contributed by atoms with E-state index in [9.17, 15) is 0 Å². The van der Waals surface area contributed by atoms with Crippen molar-refractivity contribution in [3.05, 3.63) is 34.3 Å². The zero-order valence-corrected chi connectivity index (χ0v) is 14.3. The predicted octanol–water partition coefficient (Wildman–Crippen LogP) is 4.02. The monoisotopic (exact) mass is 338 g/mol. The highest BCUT2D eigenvalue weighted by Gasteiger charge is 2.29. The van der Waals surface area contributed by atoms with Crippen LogP contribution in [0.25, 0.3) is 0 Å². The number of hydrogen-bond acceptors (Lipinski definition) is 2. The molecule has 0 radical (unpaired) electrons. The summed E-state index contributed by atoms with van der Waals surface area (Å²) in [5.41, 5.74) is 1.49. The van der Waals surface area contributed by atoms with Crippen LogP contribution < -0.4 is 5.32 Å². The fourth-order valence-corrected chi connectivity index (χ4v) is 3.20. The molecule has 0 atom stereocenters. The van der Waals surface area contributed by atoms with E-state index in [4.69, 9.17) is 0 Å². The van der Waals surface area contributed by atoms with Crippen LogP contribution in [0, 0.1) is 0 Å². The molecule has 0 unspecified atom stereocenters. The molecule has 20 heavy (non-hydrogen) atoms. The van der Waals surface area contributed by atoms with Gasteiger partial charge in [0.15, 0.2) is 0 Å². The summed E-state index contributed by atoms with van der Waals surface area (Å²) in [6, 6.07) is 9.55. The summed E-state index contributed by atoms with van der Waals surface area (Å²) in [5.74, 6) is 0.767. The lowest BCUT2D eigenvalue weighted by Gasteiger charge is -2.36. The van der Waals surface area contributed by atoms with Gasteiger partial charge in [-0.15, -0.1) is 0 Å². The Kier molecular flexibility index (Phi) is 6.53. The van der Waals surface area contributed by atoms with E-state index in [2.05, 4.69) is 64.3 Å². The Morgan fingerprint density at radius 2 is 1.80 bits per heavy atom. The second-order valence-corrected chi connectivity index (χ2v) is 6.67. The van der Waals surface area contributed by atoms with E-state index in [-0.39, 0.29) is 0 Å². The lowest BCUT2D eigenvalue weighted by molar-refractivity contribution is 0.268. The van der Waals surface area contributed by atoms with Gasteiger partial charge in [0, 0.05) is 10.5 Å². The first kappa shape index (κ1) is 16.0. The van der Waals surface area contributed by atoms with Gasteiger partial charge in [0.2, 0.25) is 0 Å². The Morgan fingerprint density at radius 3 is 2.40 bits per heavy atom. The molecule has 1 aromatic carbocycles. The van der Waals surface area contributed by atoms with Crippen molar-refractivity contribution in [3.63, 3.8) is 0 Å². The van der Waals surface area contributed by atoms with Gasteiger partial charge in [-0.25, -0.2) is 0 Å². The molecule has 1 N–H and O–H groups in total. The zero-order chi connectivity index (χ0) is 14.4. The Morgan fingerprint density at radius 1 is 1.15 bits per heavy atom. The highest BCUT2D eigenvalue weighted by Crippen LogP contribution is 2.37. The summed E-state index contributed by atoms with van der Waals surface area (Å²) in [5, 5.41) is 3.70. The van der Waals surface area contributed by atoms with Crippen molar-refractivity contribution in [2.45, 2.75) is 45.1 Å². The quantitative estimate of drug-likeness (QED) is 0.720. The molecule has 2 rings (SSSR count). The maximum Gasteiger partial charge on any atom is 0.0175 e. The molecule has 1 saturated carbocycles. The molecule has 1 aliphatic rings. The lowest BCUT2D eigenvalue weighted by Crippen LogP contribution is -2.41. The van der Waals surface area contributed by atoms with Crippen LogP contribution in [0.4, 0.5) is 0 Å². The van der Waals surface area contributed by atoms with Crippen LogP contribution in [0.5, 0.6) is 0 Å². The number of rotatable bonds is 8. The Bertz CT molecular complexity index is 380. The minimum absolute atomic E-state index is 0.736. The molecule has 2 nitrogen and oxygen atoms in total. The second kappa shape index (κ2) is 8.16. The molecule has 112 valence electrons. The van der Waals surface area contributed by atoms with Crippen molar-refractivity contribution < 1.29 is 0 Å². The number of halogens is 1. The Balaban J connectivity index is 1.59. The molecule has 3 heteroatoms. The van der Waals surface area contributed by atoms with E-state index in [1.165, 1.54) is 48.9 Å². The smallest absolute Gasteiger partial charge is 0.0175 e. The average Bonchev–Trinajstić information content (AvgIpc) is 2.42. The SMILES string of the molecule is CCN(CC)CCCNC1CC(c2ccc(Br)cc2)C1. The first-order chi connectivity index (χ1) is 9.72. The summed E-state index contributed by atoms with van der Waals surface area (Å²) in [7, 11) is 0. The highest BCUT2D eigenvalue weighted by molar-refractivity contribution is 9.10. The first-order valence-electron chi connectivity index (χ1n) is 7.94. The fourth-order valence-electron chi connectivity index (χ4n) is 2.94. The van der Waals surface area contributed by atoms with Crippen LogP contribution >= 0.6 is 15.9 Å². The zero-order valence-electron chi connectivity index (χ0n) is 12.7. The van der Waals surface area contributed by atoms with Gasteiger partial charge in [-0.2, -0.15) is 0 Å². The van der Waals surface area contributed by atoms with E-state index in [1.807, 2.05) is 0 Å². The van der Waals surface area contributed by atoms with Gasteiger partial charge in [-0.05, 0) is 69.1 Å². The third-order valence-electron chi connectivity index (χ3n) is 4.46. The number of benzene rings is 1. The molecular formula is C17H27BrN2. The van der Waals surface area contributed by atoms with Gasteiger partial charge in [0.25, 0.3) is 0 Å². The molecule has 0 heterocycles. The van der Waals surface area contributed by atoms with E-state index in [0.29, 0.717) is 0 Å². The topological polar surface area (TPSA) is 15.3 Å². The van der Waals surface area contributed by atoms with E-state index >= 15 is 0 Å². The minimum Gasteiger partial charge on any atom is -0.314 e. The normalized spacial score (nSPS) is 22.0. The third-order valence-corrected chi connectivity index (χ3v) is 4.99. The van der Waals surface area contributed by atoms with Crippen molar-refractivity contribution in [1.29, 1.82) is 0 Å². The van der Waals surface area contributed by atoms with Crippen molar-refractivity contribution in [2.24, 2.45) is 0 Å². The highest BCUT2D eigenvalue weighted by atomic mass is 79.9. The summed E-state index contributed by atoms with van der Waals surface area (Å²) >= 11 is 3.50. The molecule has 0 aliphatic heterocycles. The standard InChI is InChI=1S/C17H27BrN2/c1-3-20(4-2)11-5-10-19-17-12-15(13-17)14-6-8-16(18)9-7-14/h6-9,15,17,19H,3-5,10-13H2,1-2H3. The molecule has 0 bridgehead atoms. The molecule has 1 aliphatic carbocycles. The van der Waals surface area contributed by atoms with Crippen LogP contribution in [0.15, 0.2) is 28.7 Å². The van der Waals surface area contributed by atoms with Gasteiger partial charge in [0.05, 0.1) is 0 Å². The van der Waals surface area contributed by atoms with Crippen LogP contribution in [0.2, 0.25) is 0 Å². The van der Waals surface area contributed by atoms with Crippen molar-refractivity contribution in [2.75, 3.05) is 26.2 Å². The maximum absolute atomic E-state index is 3.70. The molecule has 0 aromatic heterocycles. The van der Waals surface area contributed by atoms with Crippen molar-refractivity contribution in [3.8, 4) is 0 Å². The van der Waals surface area contributed by atoms with Gasteiger partial charge >= 0.3 is 0 Å².